The number of fused-ring (bicyclic) bond motifs is 1. The van der Waals surface area contributed by atoms with Crippen LogP contribution < -0.4 is 10.7 Å². The van der Waals surface area contributed by atoms with Gasteiger partial charge in [-0.1, -0.05) is 36.4 Å². The molecule has 9 heteroatoms. The Hall–Kier alpha value is -3.49. The second kappa shape index (κ2) is 11.1. The molecule has 1 fully saturated rings. The Morgan fingerprint density at radius 3 is 2.82 bits per heavy atom. The number of carbonyl (C=O) groups is 2. The molecule has 0 unspecified atom stereocenters. The highest BCUT2D eigenvalue weighted by atomic mass is 16.4. The number of hydrazine groups is 1. The summed E-state index contributed by atoms with van der Waals surface area (Å²) in [6.07, 6.45) is 4.21. The largest absolute Gasteiger partial charge is 0.481 e. The molecule has 3 heterocycles. The van der Waals surface area contributed by atoms with Gasteiger partial charge < -0.3 is 15.3 Å². The summed E-state index contributed by atoms with van der Waals surface area (Å²) in [5, 5.41) is 12.6. The van der Waals surface area contributed by atoms with E-state index in [-0.39, 0.29) is 12.3 Å². The molecule has 3 N–H and O–H groups in total. The Morgan fingerprint density at radius 2 is 2.03 bits per heavy atom. The molecule has 2 aromatic rings. The van der Waals surface area contributed by atoms with Gasteiger partial charge in [-0.15, -0.1) is 5.43 Å². The zero-order chi connectivity index (χ0) is 23.9. The maximum Gasteiger partial charge on any atom is 0.306 e. The predicted octanol–water partition coefficient (Wildman–Crippen LogP) is 2.86. The number of likely N-dealkylation sites (tertiary alicyclic amines) is 1. The third-order valence-corrected chi connectivity index (χ3v) is 6.49. The second-order valence-electron chi connectivity index (χ2n) is 8.99. The van der Waals surface area contributed by atoms with Gasteiger partial charge in [0.05, 0.1) is 17.9 Å². The van der Waals surface area contributed by atoms with Crippen LogP contribution in [0.2, 0.25) is 0 Å². The minimum absolute atomic E-state index is 0.00993. The zero-order valence-electron chi connectivity index (χ0n) is 19.3. The van der Waals surface area contributed by atoms with Crippen LogP contribution >= 0.6 is 0 Å². The molecule has 34 heavy (non-hydrogen) atoms. The molecule has 2 atom stereocenters. The Bertz CT molecular complexity index is 1030. The number of rotatable bonds is 9. The van der Waals surface area contributed by atoms with Crippen molar-refractivity contribution in [3.8, 4) is 0 Å². The summed E-state index contributed by atoms with van der Waals surface area (Å²) in [7, 11) is 0. The van der Waals surface area contributed by atoms with Crippen LogP contribution in [0.4, 0.5) is 5.82 Å². The van der Waals surface area contributed by atoms with Crippen molar-refractivity contribution in [2.45, 2.75) is 57.0 Å². The molecule has 0 aliphatic carbocycles. The van der Waals surface area contributed by atoms with Crippen molar-refractivity contribution in [2.24, 2.45) is 0 Å². The standard InChI is InChI=1S/C25H31N5O4/c31-23(13-12-20-11-10-19-8-4-14-26-25(19)27-20)29-15-5-9-21(17-29)30(34)28-22(16-24(32)33)18-6-2-1-3-7-18/h1-3,6-7,10-11,21-22H,4-5,8-9,12-17H2,(H2-,26,27,28,32,33,34)/p+1/t21-,22-/m0/s1. The summed E-state index contributed by atoms with van der Waals surface area (Å²) in [5.74, 6) is -0.0476. The van der Waals surface area contributed by atoms with Crippen molar-refractivity contribution in [3.63, 3.8) is 0 Å². The number of nitrogens with zero attached hydrogens (tertiary/aromatic N) is 3. The Morgan fingerprint density at radius 1 is 1.21 bits per heavy atom. The number of anilines is 1. The normalized spacial score (nSPS) is 18.4. The highest BCUT2D eigenvalue weighted by molar-refractivity contribution is 5.76. The first-order chi connectivity index (χ1) is 16.5. The van der Waals surface area contributed by atoms with Crippen LogP contribution in [0.3, 0.4) is 0 Å². The van der Waals surface area contributed by atoms with Gasteiger partial charge in [0.25, 0.3) is 6.04 Å². The molecule has 180 valence electrons. The van der Waals surface area contributed by atoms with E-state index in [2.05, 4.69) is 21.8 Å². The number of aliphatic carboxylic acids is 1. The molecule has 4 rings (SSSR count). The molecule has 0 spiro atoms. The van der Waals surface area contributed by atoms with E-state index in [1.165, 1.54) is 5.56 Å². The van der Waals surface area contributed by atoms with Crippen molar-refractivity contribution in [3.05, 3.63) is 64.2 Å². The zero-order valence-corrected chi connectivity index (χ0v) is 19.3. The molecule has 0 saturated carbocycles. The molecule has 1 aromatic carbocycles. The first kappa shape index (κ1) is 23.7. The maximum atomic E-state index is 12.9. The number of piperidine rings is 1. The lowest BCUT2D eigenvalue weighted by molar-refractivity contribution is -0.649. The molecule has 1 aromatic heterocycles. The number of aromatic nitrogens is 1. The second-order valence-corrected chi connectivity index (χ2v) is 8.99. The van der Waals surface area contributed by atoms with E-state index in [1.54, 1.807) is 17.0 Å². The fraction of sp³-hybridized carbons (Fsp3) is 0.480. The van der Waals surface area contributed by atoms with E-state index < -0.39 is 18.1 Å². The Kier molecular flexibility index (Phi) is 7.72. The van der Waals surface area contributed by atoms with Gasteiger partial charge in [0.2, 0.25) is 5.91 Å². The molecule has 9 nitrogen and oxygen atoms in total. The summed E-state index contributed by atoms with van der Waals surface area (Å²) in [4.78, 5) is 44.3. The van der Waals surface area contributed by atoms with E-state index in [0.717, 1.165) is 47.8 Å². The molecule has 0 radical (unpaired) electrons. The number of nitrogens with one attached hydrogen (secondary N) is 2. The quantitative estimate of drug-likeness (QED) is 0.385. The number of amides is 1. The van der Waals surface area contributed by atoms with E-state index >= 15 is 0 Å². The minimum atomic E-state index is -0.985. The number of hydrogen-bond acceptors (Lipinski definition) is 5. The highest BCUT2D eigenvalue weighted by Crippen LogP contribution is 2.22. The Labute approximate surface area is 199 Å². The van der Waals surface area contributed by atoms with E-state index in [1.807, 2.05) is 24.3 Å². The van der Waals surface area contributed by atoms with Crippen LogP contribution in [0.1, 0.15) is 55.0 Å². The van der Waals surface area contributed by atoms with Crippen molar-refractivity contribution in [1.82, 2.24) is 15.3 Å². The number of nitroso groups, excluding NO2 is 1. The summed E-state index contributed by atoms with van der Waals surface area (Å²) < 4.78 is 0. The van der Waals surface area contributed by atoms with Crippen LogP contribution in [0.15, 0.2) is 42.5 Å². The molecule has 1 amide bonds. The average molecular weight is 467 g/mol. The van der Waals surface area contributed by atoms with Crippen LogP contribution in [0.5, 0.6) is 0 Å². The number of carbonyl (C=O) groups excluding carboxylic acids is 1. The molecule has 0 bridgehead atoms. The summed E-state index contributed by atoms with van der Waals surface area (Å²) >= 11 is 0. The van der Waals surface area contributed by atoms with Gasteiger partial charge in [0.1, 0.15) is 16.7 Å². The van der Waals surface area contributed by atoms with Crippen molar-refractivity contribution in [1.29, 1.82) is 0 Å². The summed E-state index contributed by atoms with van der Waals surface area (Å²) in [5.41, 5.74) is 5.67. The Balaban J connectivity index is 1.32. The molecule has 2 aliphatic heterocycles. The van der Waals surface area contributed by atoms with Gasteiger partial charge in [-0.3, -0.25) is 9.59 Å². The van der Waals surface area contributed by atoms with Crippen LogP contribution in [0.25, 0.3) is 0 Å². The SMILES string of the molecule is O=C(O)C[C@H](N[N+](=O)[C@H]1CCCN(C(=O)CCc2ccc3c(n2)NCCC3)C1)c1ccccc1. The number of aryl methyl sites for hydroxylation is 2. The fourth-order valence-corrected chi connectivity index (χ4v) is 4.63. The first-order valence-electron chi connectivity index (χ1n) is 12.0. The summed E-state index contributed by atoms with van der Waals surface area (Å²) in [6, 6.07) is 12.1. The van der Waals surface area contributed by atoms with Gasteiger partial charge in [-0.25, -0.2) is 4.98 Å². The first-order valence-corrected chi connectivity index (χ1v) is 12.0. The number of carboxylic acids is 1. The van der Waals surface area contributed by atoms with Crippen LogP contribution in [0, 0.1) is 4.91 Å². The summed E-state index contributed by atoms with van der Waals surface area (Å²) in [6.45, 7) is 1.87. The van der Waals surface area contributed by atoms with Crippen molar-refractivity contribution in [2.75, 3.05) is 25.0 Å². The van der Waals surface area contributed by atoms with E-state index in [9.17, 15) is 19.6 Å². The minimum Gasteiger partial charge on any atom is -0.481 e. The third kappa shape index (κ3) is 6.09. The lowest BCUT2D eigenvalue weighted by Gasteiger charge is -2.29. The van der Waals surface area contributed by atoms with Crippen molar-refractivity contribution >= 4 is 17.7 Å². The highest BCUT2D eigenvalue weighted by Gasteiger charge is 2.36. The van der Waals surface area contributed by atoms with Gasteiger partial charge >= 0.3 is 5.97 Å². The molecular formula is C25H32N5O4+. The molecular weight excluding hydrogens is 434 g/mol. The van der Waals surface area contributed by atoms with E-state index in [4.69, 9.17) is 0 Å². The van der Waals surface area contributed by atoms with Crippen molar-refractivity contribution < 1.29 is 19.6 Å². The van der Waals surface area contributed by atoms with Gasteiger partial charge in [0.15, 0.2) is 0 Å². The van der Waals surface area contributed by atoms with Gasteiger partial charge in [-0.05, 0) is 42.9 Å². The fourth-order valence-electron chi connectivity index (χ4n) is 4.63. The van der Waals surface area contributed by atoms with Crippen LogP contribution in [-0.2, 0) is 22.4 Å². The molecule has 2 aliphatic rings. The van der Waals surface area contributed by atoms with E-state index in [0.29, 0.717) is 32.4 Å². The maximum absolute atomic E-state index is 12.9. The van der Waals surface area contributed by atoms with Gasteiger partial charge in [-0.2, -0.15) is 0 Å². The number of hydrogen-bond donors (Lipinski definition) is 3. The van der Waals surface area contributed by atoms with Gasteiger partial charge in [0, 0.05) is 31.6 Å². The lowest BCUT2D eigenvalue weighted by Crippen LogP contribution is -2.50. The lowest BCUT2D eigenvalue weighted by atomic mass is 10.0. The van der Waals surface area contributed by atoms with Crippen LogP contribution in [-0.4, -0.2) is 57.4 Å². The molecule has 1 saturated heterocycles. The predicted molar refractivity (Wildman–Crippen MR) is 127 cm³/mol. The number of benzene rings is 1. The number of pyridine rings is 1. The monoisotopic (exact) mass is 466 g/mol. The topological polar surface area (TPSA) is 115 Å². The average Bonchev–Trinajstić information content (AvgIpc) is 2.87. The third-order valence-electron chi connectivity index (χ3n) is 6.49. The smallest absolute Gasteiger partial charge is 0.306 e. The number of carboxylic acid groups (broad SMARTS) is 1.